The molecule has 2 aromatic heterocycles. The van der Waals surface area contributed by atoms with Crippen LogP contribution in [0.2, 0.25) is 10.0 Å². The second-order valence-electron chi connectivity index (χ2n) is 12.1. The van der Waals surface area contributed by atoms with Gasteiger partial charge in [0.15, 0.2) is 0 Å². The first-order chi connectivity index (χ1) is 23.2. The number of hydrogen-bond donors (Lipinski definition) is 2. The van der Waals surface area contributed by atoms with Crippen LogP contribution < -0.4 is 14.8 Å². The van der Waals surface area contributed by atoms with Crippen molar-refractivity contribution in [2.45, 2.75) is 63.4 Å². The fraction of sp³-hybridized carbons (Fsp3) is 0.400. The molecule has 0 radical (unpaired) electrons. The van der Waals surface area contributed by atoms with Gasteiger partial charge in [0, 0.05) is 54.4 Å². The largest absolute Gasteiger partial charge is 0.480 e. The highest BCUT2D eigenvalue weighted by Gasteiger charge is 2.28. The number of benzene rings is 2. The van der Waals surface area contributed by atoms with Crippen LogP contribution in [0.15, 0.2) is 48.8 Å². The molecular weight excluding hydrogens is 658 g/mol. The number of piperidine rings is 1. The number of hydrogen-bond acceptors (Lipinski definition) is 9. The van der Waals surface area contributed by atoms with Crippen LogP contribution in [0.4, 0.5) is 4.39 Å². The number of rotatable bonds is 11. The molecule has 4 aromatic rings. The molecule has 0 unspecified atom stereocenters. The monoisotopic (exact) mass is 694 g/mol. The lowest BCUT2D eigenvalue weighted by Crippen LogP contribution is -2.44. The van der Waals surface area contributed by atoms with Gasteiger partial charge in [-0.1, -0.05) is 59.6 Å². The number of likely N-dealkylation sites (tertiary alicyclic amines) is 1. The Hall–Kier alpha value is -3.90. The van der Waals surface area contributed by atoms with Crippen LogP contribution in [-0.4, -0.2) is 81.5 Å². The van der Waals surface area contributed by atoms with E-state index in [1.54, 1.807) is 19.5 Å². The average Bonchev–Trinajstić information content (AvgIpc) is 3.51. The molecular formula is C35H37Cl2FN6O4. The van der Waals surface area contributed by atoms with E-state index in [0.717, 1.165) is 25.0 Å². The number of amides is 1. The van der Waals surface area contributed by atoms with E-state index in [9.17, 15) is 14.3 Å². The first-order valence-corrected chi connectivity index (χ1v) is 16.7. The second kappa shape index (κ2) is 15.1. The van der Waals surface area contributed by atoms with Crippen LogP contribution in [0.3, 0.4) is 0 Å². The van der Waals surface area contributed by atoms with Crippen molar-refractivity contribution in [2.24, 2.45) is 0 Å². The maximum Gasteiger partial charge on any atom is 0.237 e. The number of nitrogens with one attached hydrogen (secondary N) is 1. The number of halogens is 3. The first-order valence-electron chi connectivity index (χ1n) is 16.0. The highest BCUT2D eigenvalue weighted by molar-refractivity contribution is 6.39. The van der Waals surface area contributed by atoms with Crippen molar-refractivity contribution in [3.8, 4) is 45.4 Å². The highest BCUT2D eigenvalue weighted by atomic mass is 35.5. The number of ether oxygens (including phenoxy) is 2. The SMILES string of the molecule is COc1nc(-c2cccc(-c3cccc(-c4cnc(CN5CC[C@H](O)[C@@H](F)C5)c(OC)n4)c3Cl)c2Cl)cnc1CCC[C@@H]1CCC(=O)N1. The van der Waals surface area contributed by atoms with Crippen LogP contribution in [-0.2, 0) is 17.8 Å². The van der Waals surface area contributed by atoms with Crippen LogP contribution in [0.25, 0.3) is 33.6 Å². The van der Waals surface area contributed by atoms with Gasteiger partial charge in [-0.2, -0.15) is 0 Å². The number of carbonyl (C=O) groups excluding carboxylic acids is 1. The van der Waals surface area contributed by atoms with Crippen LogP contribution in [0.5, 0.6) is 11.8 Å². The summed E-state index contributed by atoms with van der Waals surface area (Å²) in [6, 6.07) is 11.5. The minimum Gasteiger partial charge on any atom is -0.480 e. The Morgan fingerprint density at radius 1 is 0.917 bits per heavy atom. The van der Waals surface area contributed by atoms with Gasteiger partial charge in [-0.25, -0.2) is 14.4 Å². The number of aryl methyl sites for hydroxylation is 1. The van der Waals surface area contributed by atoms with E-state index in [1.165, 1.54) is 7.11 Å². The molecule has 0 spiro atoms. The predicted octanol–water partition coefficient (Wildman–Crippen LogP) is 6.10. The molecule has 2 aliphatic rings. The van der Waals surface area contributed by atoms with E-state index in [-0.39, 0.29) is 18.5 Å². The van der Waals surface area contributed by atoms with Gasteiger partial charge < -0.3 is 19.9 Å². The Labute approximate surface area is 288 Å². The van der Waals surface area contributed by atoms with Crippen molar-refractivity contribution in [3.63, 3.8) is 0 Å². The number of nitrogens with zero attached hydrogens (tertiary/aromatic N) is 5. The summed E-state index contributed by atoms with van der Waals surface area (Å²) in [4.78, 5) is 32.1. The fourth-order valence-electron chi connectivity index (χ4n) is 6.26. The zero-order chi connectivity index (χ0) is 33.8. The Morgan fingerprint density at radius 3 is 2.06 bits per heavy atom. The molecule has 1 amide bonds. The molecule has 2 aliphatic heterocycles. The normalized spacial score (nSPS) is 19.7. The van der Waals surface area contributed by atoms with Crippen molar-refractivity contribution >= 4 is 29.1 Å². The summed E-state index contributed by atoms with van der Waals surface area (Å²) in [6.07, 6.45) is 5.29. The van der Waals surface area contributed by atoms with Gasteiger partial charge in [0.1, 0.15) is 17.6 Å². The summed E-state index contributed by atoms with van der Waals surface area (Å²) in [6.45, 7) is 1.01. The lowest BCUT2D eigenvalue weighted by Gasteiger charge is -2.31. The summed E-state index contributed by atoms with van der Waals surface area (Å²) in [5.41, 5.74) is 5.10. The van der Waals surface area contributed by atoms with Gasteiger partial charge in [-0.05, 0) is 32.1 Å². The Bertz CT molecular complexity index is 1800. The van der Waals surface area contributed by atoms with Gasteiger partial charge in [0.05, 0.1) is 54.2 Å². The number of aliphatic hydroxyl groups is 1. The summed E-state index contributed by atoms with van der Waals surface area (Å²) in [7, 11) is 3.08. The molecule has 2 fully saturated rings. The minimum atomic E-state index is -1.30. The van der Waals surface area contributed by atoms with Gasteiger partial charge in [0.2, 0.25) is 17.7 Å². The first kappa shape index (κ1) is 34.0. The molecule has 252 valence electrons. The van der Waals surface area contributed by atoms with E-state index in [0.29, 0.717) is 93.5 Å². The Balaban J connectivity index is 1.23. The maximum absolute atomic E-state index is 14.1. The maximum atomic E-state index is 14.1. The Morgan fingerprint density at radius 2 is 1.50 bits per heavy atom. The highest BCUT2D eigenvalue weighted by Crippen LogP contribution is 2.42. The molecule has 2 N–H and O–H groups in total. The summed E-state index contributed by atoms with van der Waals surface area (Å²) in [5, 5.41) is 13.6. The third-order valence-electron chi connectivity index (χ3n) is 8.87. The molecule has 10 nitrogen and oxygen atoms in total. The topological polar surface area (TPSA) is 123 Å². The molecule has 13 heteroatoms. The molecule has 0 saturated carbocycles. The van der Waals surface area contributed by atoms with E-state index in [1.807, 2.05) is 41.3 Å². The second-order valence-corrected chi connectivity index (χ2v) is 12.8. The third kappa shape index (κ3) is 7.39. The predicted molar refractivity (Wildman–Crippen MR) is 182 cm³/mol. The van der Waals surface area contributed by atoms with Crippen molar-refractivity contribution in [1.82, 2.24) is 30.2 Å². The summed E-state index contributed by atoms with van der Waals surface area (Å²) >= 11 is 14.1. The number of aliphatic hydroxyl groups excluding tert-OH is 1. The Kier molecular flexibility index (Phi) is 10.7. The lowest BCUT2D eigenvalue weighted by molar-refractivity contribution is -0.119. The van der Waals surface area contributed by atoms with Crippen LogP contribution >= 0.6 is 23.2 Å². The van der Waals surface area contributed by atoms with E-state index >= 15 is 0 Å². The average molecular weight is 696 g/mol. The quantitative estimate of drug-likeness (QED) is 0.192. The van der Waals surface area contributed by atoms with E-state index < -0.39 is 12.3 Å². The lowest BCUT2D eigenvalue weighted by atomic mass is 9.98. The van der Waals surface area contributed by atoms with Crippen LogP contribution in [0.1, 0.15) is 43.5 Å². The molecule has 2 saturated heterocycles. The molecule has 0 aliphatic carbocycles. The minimum absolute atomic E-state index is 0.114. The summed E-state index contributed by atoms with van der Waals surface area (Å²) in [5.74, 6) is 0.863. The standard InChI is InChI=1S/C35H37Cl2FN6O4/c1-47-34-26(11-3-6-20-12-13-31(46)41-20)39-16-27(42-34)23-9-4-7-21(32(23)36)22-8-5-10-24(33(22)37)28-17-40-29(35(43-28)48-2)19-44-15-14-30(45)25(38)18-44/h4-5,7-10,16-17,20,25,30,45H,3,6,11-15,18-19H2,1-2H3,(H,41,46)/t20-,25+,30+/m1/s1. The number of methoxy groups -OCH3 is 2. The number of aromatic nitrogens is 4. The van der Waals surface area contributed by atoms with Crippen molar-refractivity contribution in [2.75, 3.05) is 27.3 Å². The number of carbonyl (C=O) groups is 1. The third-order valence-corrected chi connectivity index (χ3v) is 9.68. The summed E-state index contributed by atoms with van der Waals surface area (Å²) < 4.78 is 25.3. The van der Waals surface area contributed by atoms with Gasteiger partial charge in [-0.15, -0.1) is 0 Å². The molecule has 0 bridgehead atoms. The molecule has 48 heavy (non-hydrogen) atoms. The van der Waals surface area contributed by atoms with Crippen LogP contribution in [0, 0.1) is 0 Å². The van der Waals surface area contributed by atoms with Gasteiger partial charge >= 0.3 is 0 Å². The molecule has 6 rings (SSSR count). The van der Waals surface area contributed by atoms with Crippen molar-refractivity contribution in [1.29, 1.82) is 0 Å². The number of alkyl halides is 1. The zero-order valence-electron chi connectivity index (χ0n) is 26.8. The molecule has 4 heterocycles. The van der Waals surface area contributed by atoms with Crippen molar-refractivity contribution in [3.05, 3.63) is 70.2 Å². The smallest absolute Gasteiger partial charge is 0.237 e. The zero-order valence-corrected chi connectivity index (χ0v) is 28.3. The van der Waals surface area contributed by atoms with Gasteiger partial charge in [-0.3, -0.25) is 19.7 Å². The van der Waals surface area contributed by atoms with Gasteiger partial charge in [0.25, 0.3) is 0 Å². The van der Waals surface area contributed by atoms with E-state index in [2.05, 4.69) is 15.3 Å². The van der Waals surface area contributed by atoms with Crippen molar-refractivity contribution < 1.29 is 23.8 Å². The van der Waals surface area contributed by atoms with E-state index in [4.69, 9.17) is 42.6 Å². The fourth-order valence-corrected chi connectivity index (χ4v) is 6.91. The molecule has 3 atom stereocenters. The molecule has 2 aromatic carbocycles.